The largest absolute Gasteiger partial charge is 0.395 e. The second kappa shape index (κ2) is 6.38. The van der Waals surface area contributed by atoms with Crippen molar-refractivity contribution in [3.05, 3.63) is 12.2 Å². The van der Waals surface area contributed by atoms with Crippen LogP contribution < -0.4 is 5.32 Å². The smallest absolute Gasteiger partial charge is 0.0584 e. The van der Waals surface area contributed by atoms with E-state index in [4.69, 9.17) is 5.11 Å². The predicted molar refractivity (Wildman–Crippen MR) is 48.6 cm³/mol. The quantitative estimate of drug-likeness (QED) is 0.570. The van der Waals surface area contributed by atoms with Gasteiger partial charge in [-0.3, -0.25) is 0 Å². The van der Waals surface area contributed by atoms with Crippen molar-refractivity contribution in [3.63, 3.8) is 0 Å². The first kappa shape index (κ1) is 10.7. The van der Waals surface area contributed by atoms with Crippen LogP contribution in [0.2, 0.25) is 0 Å². The molecule has 0 aromatic heterocycles. The van der Waals surface area contributed by atoms with Gasteiger partial charge in [0.25, 0.3) is 0 Å². The van der Waals surface area contributed by atoms with Gasteiger partial charge in [0.2, 0.25) is 0 Å². The fraction of sp³-hybridized carbons (Fsp3) is 0.778. The highest BCUT2D eigenvalue weighted by molar-refractivity contribution is 4.88. The number of hydrogen-bond donors (Lipinski definition) is 2. The van der Waals surface area contributed by atoms with Crippen molar-refractivity contribution in [2.75, 3.05) is 13.2 Å². The third-order valence-corrected chi connectivity index (χ3v) is 1.70. The lowest BCUT2D eigenvalue weighted by atomic mass is 10.2. The summed E-state index contributed by atoms with van der Waals surface area (Å²) in [4.78, 5) is 0. The lowest BCUT2D eigenvalue weighted by molar-refractivity contribution is 0.240. The minimum atomic E-state index is 0.229. The molecule has 2 N–H and O–H groups in total. The molecule has 0 amide bonds. The van der Waals surface area contributed by atoms with E-state index in [0.29, 0.717) is 0 Å². The van der Waals surface area contributed by atoms with E-state index in [-0.39, 0.29) is 12.6 Å². The Kier molecular flexibility index (Phi) is 6.18. The van der Waals surface area contributed by atoms with E-state index in [0.717, 1.165) is 19.4 Å². The number of aliphatic hydroxyl groups excluding tert-OH is 1. The van der Waals surface area contributed by atoms with Crippen molar-refractivity contribution in [1.29, 1.82) is 0 Å². The molecule has 2 heteroatoms. The molecule has 2 nitrogen and oxygen atoms in total. The summed E-state index contributed by atoms with van der Waals surface area (Å²) in [7, 11) is 0. The standard InChI is InChI=1S/C9H19NO/c1-4-9(7-11)10-6-5-8(2)3/h9-11H,2,4-7H2,1,3H3. The Hall–Kier alpha value is -0.340. The minimum absolute atomic E-state index is 0.229. The molecule has 0 aliphatic carbocycles. The average molecular weight is 157 g/mol. The molecule has 0 spiro atoms. The predicted octanol–water partition coefficient (Wildman–Crippen LogP) is 1.31. The van der Waals surface area contributed by atoms with Crippen LogP contribution in [0, 0.1) is 0 Å². The summed E-state index contributed by atoms with van der Waals surface area (Å²) in [6.45, 7) is 9.03. The van der Waals surface area contributed by atoms with Crippen LogP contribution in [0.5, 0.6) is 0 Å². The van der Waals surface area contributed by atoms with Gasteiger partial charge in [-0.25, -0.2) is 0 Å². The Morgan fingerprint density at radius 1 is 1.64 bits per heavy atom. The maximum absolute atomic E-state index is 8.81. The maximum Gasteiger partial charge on any atom is 0.0584 e. The Bertz CT molecular complexity index is 108. The van der Waals surface area contributed by atoms with Crippen LogP contribution in [0.25, 0.3) is 0 Å². The van der Waals surface area contributed by atoms with Crippen LogP contribution in [0.4, 0.5) is 0 Å². The normalized spacial score (nSPS) is 13.0. The summed E-state index contributed by atoms with van der Waals surface area (Å²) < 4.78 is 0. The summed E-state index contributed by atoms with van der Waals surface area (Å²) in [5, 5.41) is 12.0. The molecular formula is C9H19NO. The lowest BCUT2D eigenvalue weighted by Crippen LogP contribution is -2.32. The molecule has 1 unspecified atom stereocenters. The third-order valence-electron chi connectivity index (χ3n) is 1.70. The Morgan fingerprint density at radius 3 is 2.64 bits per heavy atom. The molecule has 0 aromatic rings. The van der Waals surface area contributed by atoms with Gasteiger partial charge in [-0.2, -0.15) is 0 Å². The van der Waals surface area contributed by atoms with Gasteiger partial charge >= 0.3 is 0 Å². The molecule has 0 radical (unpaired) electrons. The van der Waals surface area contributed by atoms with Gasteiger partial charge in [0.1, 0.15) is 0 Å². The van der Waals surface area contributed by atoms with Crippen molar-refractivity contribution in [2.45, 2.75) is 32.7 Å². The molecular weight excluding hydrogens is 138 g/mol. The van der Waals surface area contributed by atoms with Crippen molar-refractivity contribution in [1.82, 2.24) is 5.32 Å². The lowest BCUT2D eigenvalue weighted by Gasteiger charge is -2.13. The number of hydrogen-bond acceptors (Lipinski definition) is 2. The van der Waals surface area contributed by atoms with Gasteiger partial charge in [-0.15, -0.1) is 6.58 Å². The highest BCUT2D eigenvalue weighted by Crippen LogP contribution is 1.94. The van der Waals surface area contributed by atoms with Crippen molar-refractivity contribution in [3.8, 4) is 0 Å². The number of rotatable bonds is 6. The van der Waals surface area contributed by atoms with Crippen molar-refractivity contribution in [2.24, 2.45) is 0 Å². The topological polar surface area (TPSA) is 32.3 Å². The van der Waals surface area contributed by atoms with Crippen LogP contribution in [-0.4, -0.2) is 24.3 Å². The summed E-state index contributed by atoms with van der Waals surface area (Å²) in [5.74, 6) is 0. The van der Waals surface area contributed by atoms with Gasteiger partial charge in [0.05, 0.1) is 6.61 Å². The molecule has 0 heterocycles. The van der Waals surface area contributed by atoms with Gasteiger partial charge in [0.15, 0.2) is 0 Å². The fourth-order valence-electron chi connectivity index (χ4n) is 0.828. The van der Waals surface area contributed by atoms with Crippen LogP contribution >= 0.6 is 0 Å². The van der Waals surface area contributed by atoms with Crippen LogP contribution in [0.15, 0.2) is 12.2 Å². The number of aliphatic hydroxyl groups is 1. The Morgan fingerprint density at radius 2 is 2.27 bits per heavy atom. The summed E-state index contributed by atoms with van der Waals surface area (Å²) in [5.41, 5.74) is 1.19. The van der Waals surface area contributed by atoms with E-state index in [9.17, 15) is 0 Å². The van der Waals surface area contributed by atoms with Gasteiger partial charge in [0, 0.05) is 6.04 Å². The second-order valence-corrected chi connectivity index (χ2v) is 2.95. The summed E-state index contributed by atoms with van der Waals surface area (Å²) in [6, 6.07) is 0.259. The van der Waals surface area contributed by atoms with E-state index in [1.54, 1.807) is 0 Å². The molecule has 0 fully saturated rings. The van der Waals surface area contributed by atoms with E-state index < -0.39 is 0 Å². The first-order valence-electron chi connectivity index (χ1n) is 4.19. The molecule has 66 valence electrons. The molecule has 0 saturated carbocycles. The zero-order chi connectivity index (χ0) is 8.69. The molecule has 1 atom stereocenters. The molecule has 0 saturated heterocycles. The maximum atomic E-state index is 8.81. The molecule has 0 aliphatic heterocycles. The molecule has 0 aromatic carbocycles. The van der Waals surface area contributed by atoms with Crippen LogP contribution in [-0.2, 0) is 0 Å². The zero-order valence-electron chi connectivity index (χ0n) is 7.56. The highest BCUT2D eigenvalue weighted by atomic mass is 16.3. The highest BCUT2D eigenvalue weighted by Gasteiger charge is 2.01. The average Bonchev–Trinajstić information content (AvgIpc) is 1.98. The van der Waals surface area contributed by atoms with Crippen LogP contribution in [0.1, 0.15) is 26.7 Å². The summed E-state index contributed by atoms with van der Waals surface area (Å²) >= 11 is 0. The Balaban J connectivity index is 3.28. The molecule has 11 heavy (non-hydrogen) atoms. The molecule has 0 rings (SSSR count). The summed E-state index contributed by atoms with van der Waals surface area (Å²) in [6.07, 6.45) is 1.98. The number of nitrogens with one attached hydrogen (secondary N) is 1. The molecule has 0 bridgehead atoms. The fourth-order valence-corrected chi connectivity index (χ4v) is 0.828. The monoisotopic (exact) mass is 157 g/mol. The third kappa shape index (κ3) is 6.07. The van der Waals surface area contributed by atoms with E-state index in [2.05, 4.69) is 18.8 Å². The Labute approximate surface area is 69.3 Å². The second-order valence-electron chi connectivity index (χ2n) is 2.95. The molecule has 0 aliphatic rings. The van der Waals surface area contributed by atoms with Gasteiger partial charge in [-0.1, -0.05) is 12.5 Å². The van der Waals surface area contributed by atoms with Gasteiger partial charge in [-0.05, 0) is 26.3 Å². The zero-order valence-corrected chi connectivity index (χ0v) is 7.56. The first-order chi connectivity index (χ1) is 5.20. The van der Waals surface area contributed by atoms with Gasteiger partial charge < -0.3 is 10.4 Å². The van der Waals surface area contributed by atoms with Crippen molar-refractivity contribution >= 4 is 0 Å². The van der Waals surface area contributed by atoms with Crippen molar-refractivity contribution < 1.29 is 5.11 Å². The first-order valence-corrected chi connectivity index (χ1v) is 4.19. The van der Waals surface area contributed by atoms with Crippen LogP contribution in [0.3, 0.4) is 0 Å². The van der Waals surface area contributed by atoms with E-state index in [1.165, 1.54) is 5.57 Å². The minimum Gasteiger partial charge on any atom is -0.395 e. The van der Waals surface area contributed by atoms with E-state index >= 15 is 0 Å². The van der Waals surface area contributed by atoms with E-state index in [1.807, 2.05) is 6.92 Å². The SMILES string of the molecule is C=C(C)CCNC(CC)CO.